The summed E-state index contributed by atoms with van der Waals surface area (Å²) in [6, 6.07) is 30.9. The number of nitrogens with one attached hydrogen (secondary N) is 1. The Morgan fingerprint density at radius 1 is 0.643 bits per heavy atom. The van der Waals surface area contributed by atoms with Crippen molar-refractivity contribution < 1.29 is 5.11 Å². The zero-order valence-electron chi connectivity index (χ0n) is 15.0. The topological polar surface area (TPSA) is 32.3 Å². The van der Waals surface area contributed by atoms with Gasteiger partial charge in [0.25, 0.3) is 0 Å². The molecule has 0 spiro atoms. The Morgan fingerprint density at radius 3 is 2.00 bits per heavy atom. The molecule has 0 aliphatic carbocycles. The SMILES string of the molecule is OC1(c2ccc3c(c2)sc2ccccc23)c2ccccc2Nc2ccccc21. The van der Waals surface area contributed by atoms with Crippen LogP contribution >= 0.6 is 11.3 Å². The predicted molar refractivity (Wildman–Crippen MR) is 118 cm³/mol. The van der Waals surface area contributed by atoms with E-state index >= 15 is 0 Å². The van der Waals surface area contributed by atoms with Crippen LogP contribution in [0.5, 0.6) is 0 Å². The van der Waals surface area contributed by atoms with Crippen molar-refractivity contribution in [2.75, 3.05) is 5.32 Å². The summed E-state index contributed by atoms with van der Waals surface area (Å²) in [6.07, 6.45) is 0. The zero-order chi connectivity index (χ0) is 18.7. The highest BCUT2D eigenvalue weighted by Crippen LogP contribution is 2.48. The predicted octanol–water partition coefficient (Wildman–Crippen LogP) is 6.40. The fourth-order valence-corrected chi connectivity index (χ4v) is 5.51. The summed E-state index contributed by atoms with van der Waals surface area (Å²) < 4.78 is 2.47. The molecule has 0 radical (unpaired) electrons. The van der Waals surface area contributed by atoms with Gasteiger partial charge in [0.05, 0.1) is 0 Å². The van der Waals surface area contributed by atoms with Crippen LogP contribution in [0, 0.1) is 0 Å². The summed E-state index contributed by atoms with van der Waals surface area (Å²) >= 11 is 1.77. The van der Waals surface area contributed by atoms with E-state index in [2.05, 4.69) is 47.8 Å². The second-order valence-electron chi connectivity index (χ2n) is 7.24. The van der Waals surface area contributed by atoms with Crippen molar-refractivity contribution in [3.63, 3.8) is 0 Å². The number of thiophene rings is 1. The van der Waals surface area contributed by atoms with E-state index in [4.69, 9.17) is 0 Å². The molecule has 2 N–H and O–H groups in total. The Kier molecular flexibility index (Phi) is 3.22. The van der Waals surface area contributed by atoms with Gasteiger partial charge in [-0.25, -0.2) is 0 Å². The van der Waals surface area contributed by atoms with E-state index in [1.165, 1.54) is 20.2 Å². The maximum Gasteiger partial charge on any atom is 0.144 e. The molecule has 134 valence electrons. The molecule has 0 bridgehead atoms. The molecule has 3 heteroatoms. The van der Waals surface area contributed by atoms with Crippen LogP contribution in [0.25, 0.3) is 20.2 Å². The maximum atomic E-state index is 12.1. The van der Waals surface area contributed by atoms with Crippen molar-refractivity contribution in [2.45, 2.75) is 5.60 Å². The number of hydrogen-bond donors (Lipinski definition) is 2. The highest BCUT2D eigenvalue weighted by Gasteiger charge is 2.40. The van der Waals surface area contributed by atoms with Crippen LogP contribution in [0.3, 0.4) is 0 Å². The second-order valence-corrected chi connectivity index (χ2v) is 8.32. The lowest BCUT2D eigenvalue weighted by Crippen LogP contribution is -2.33. The van der Waals surface area contributed by atoms with Crippen molar-refractivity contribution in [3.8, 4) is 0 Å². The maximum absolute atomic E-state index is 12.1. The van der Waals surface area contributed by atoms with E-state index in [0.29, 0.717) is 0 Å². The van der Waals surface area contributed by atoms with E-state index in [1.807, 2.05) is 48.5 Å². The van der Waals surface area contributed by atoms with Crippen LogP contribution in [0.4, 0.5) is 11.4 Å². The van der Waals surface area contributed by atoms with Gasteiger partial charge in [-0.2, -0.15) is 0 Å². The lowest BCUT2D eigenvalue weighted by atomic mass is 9.76. The van der Waals surface area contributed by atoms with Crippen LogP contribution < -0.4 is 5.32 Å². The van der Waals surface area contributed by atoms with Crippen molar-refractivity contribution >= 4 is 42.9 Å². The molecule has 0 atom stereocenters. The van der Waals surface area contributed by atoms with E-state index in [9.17, 15) is 5.11 Å². The Hall–Kier alpha value is -3.14. The number of anilines is 2. The number of fused-ring (bicyclic) bond motifs is 5. The van der Waals surface area contributed by atoms with E-state index in [0.717, 1.165) is 28.1 Å². The third kappa shape index (κ3) is 2.06. The molecule has 4 aromatic carbocycles. The van der Waals surface area contributed by atoms with Crippen molar-refractivity contribution in [2.24, 2.45) is 0 Å². The Morgan fingerprint density at radius 2 is 1.25 bits per heavy atom. The minimum Gasteiger partial charge on any atom is -0.376 e. The monoisotopic (exact) mass is 379 g/mol. The number of rotatable bonds is 1. The highest BCUT2D eigenvalue weighted by molar-refractivity contribution is 7.25. The van der Waals surface area contributed by atoms with Gasteiger partial charge in [0.1, 0.15) is 5.60 Å². The summed E-state index contributed by atoms with van der Waals surface area (Å²) in [5, 5.41) is 18.1. The Balaban J connectivity index is 1.66. The highest BCUT2D eigenvalue weighted by atomic mass is 32.1. The number of aliphatic hydroxyl groups is 1. The smallest absolute Gasteiger partial charge is 0.144 e. The van der Waals surface area contributed by atoms with Crippen molar-refractivity contribution in [1.29, 1.82) is 0 Å². The first-order valence-corrected chi connectivity index (χ1v) is 10.2. The van der Waals surface area contributed by atoms with Crippen LogP contribution in [0.1, 0.15) is 16.7 Å². The number of hydrogen-bond acceptors (Lipinski definition) is 3. The average molecular weight is 379 g/mol. The van der Waals surface area contributed by atoms with Gasteiger partial charge in [0.2, 0.25) is 0 Å². The minimum atomic E-state index is -1.19. The fourth-order valence-electron chi connectivity index (χ4n) is 4.37. The molecule has 0 unspecified atom stereocenters. The summed E-state index contributed by atoms with van der Waals surface area (Å²) in [5.41, 5.74) is 3.36. The summed E-state index contributed by atoms with van der Waals surface area (Å²) in [7, 11) is 0. The van der Waals surface area contributed by atoms with Gasteiger partial charge < -0.3 is 10.4 Å². The largest absolute Gasteiger partial charge is 0.376 e. The molecule has 0 fully saturated rings. The molecule has 6 rings (SSSR count). The third-order valence-corrected chi connectivity index (χ3v) is 6.83. The molecule has 2 nitrogen and oxygen atoms in total. The summed E-state index contributed by atoms with van der Waals surface area (Å²) in [4.78, 5) is 0. The average Bonchev–Trinajstić information content (AvgIpc) is 3.12. The van der Waals surface area contributed by atoms with Gasteiger partial charge in [-0.3, -0.25) is 0 Å². The molecule has 5 aromatic rings. The molecular formula is C25H17NOS. The first kappa shape index (κ1) is 15.9. The molecule has 0 amide bonds. The second kappa shape index (κ2) is 5.68. The van der Waals surface area contributed by atoms with Gasteiger partial charge in [0, 0.05) is 42.7 Å². The molecule has 1 aliphatic rings. The zero-order valence-corrected chi connectivity index (χ0v) is 15.8. The standard InChI is InChI=1S/C25H17NOS/c27-25(16-13-14-18-17-7-1-6-12-23(17)28-24(18)15-16)19-8-2-4-10-21(19)26-22-11-5-3-9-20(22)25/h1-15,26-27H. The van der Waals surface area contributed by atoms with Crippen molar-refractivity contribution in [3.05, 3.63) is 108 Å². The fraction of sp³-hybridized carbons (Fsp3) is 0.0400. The first-order valence-electron chi connectivity index (χ1n) is 9.35. The molecule has 2 heterocycles. The minimum absolute atomic E-state index is 0.883. The van der Waals surface area contributed by atoms with Crippen LogP contribution in [-0.4, -0.2) is 5.11 Å². The van der Waals surface area contributed by atoms with E-state index in [-0.39, 0.29) is 0 Å². The van der Waals surface area contributed by atoms with Gasteiger partial charge in [-0.15, -0.1) is 11.3 Å². The Labute approximate surface area is 166 Å². The van der Waals surface area contributed by atoms with Crippen LogP contribution in [0.2, 0.25) is 0 Å². The molecule has 1 aliphatic heterocycles. The quantitative estimate of drug-likeness (QED) is 0.353. The molecule has 0 saturated heterocycles. The van der Waals surface area contributed by atoms with Crippen LogP contribution in [-0.2, 0) is 5.60 Å². The lowest BCUT2D eigenvalue weighted by molar-refractivity contribution is 0.126. The van der Waals surface area contributed by atoms with Gasteiger partial charge in [0.15, 0.2) is 0 Å². The molecule has 28 heavy (non-hydrogen) atoms. The number of para-hydroxylation sites is 2. The molecule has 1 aromatic heterocycles. The van der Waals surface area contributed by atoms with E-state index in [1.54, 1.807) is 11.3 Å². The molecule has 0 saturated carbocycles. The molecular weight excluding hydrogens is 362 g/mol. The van der Waals surface area contributed by atoms with Gasteiger partial charge >= 0.3 is 0 Å². The normalized spacial score (nSPS) is 14.5. The first-order chi connectivity index (χ1) is 13.7. The van der Waals surface area contributed by atoms with Crippen molar-refractivity contribution in [1.82, 2.24) is 0 Å². The third-order valence-electron chi connectivity index (χ3n) is 5.70. The van der Waals surface area contributed by atoms with Crippen LogP contribution in [0.15, 0.2) is 91.0 Å². The van der Waals surface area contributed by atoms with Gasteiger partial charge in [-0.05, 0) is 29.8 Å². The number of benzene rings is 4. The summed E-state index contributed by atoms with van der Waals surface area (Å²) in [5.74, 6) is 0. The van der Waals surface area contributed by atoms with Gasteiger partial charge in [-0.1, -0.05) is 66.7 Å². The lowest BCUT2D eigenvalue weighted by Gasteiger charge is -2.37. The Bertz CT molecular complexity index is 1320. The summed E-state index contributed by atoms with van der Waals surface area (Å²) in [6.45, 7) is 0. The van der Waals surface area contributed by atoms with E-state index < -0.39 is 5.60 Å².